The number of hydrogen-bond donors (Lipinski definition) is 0. The fraction of sp³-hybridized carbons (Fsp3) is 0.200. The average Bonchev–Trinajstić information content (AvgIpc) is 2.68. The Kier molecular flexibility index (Phi) is 2.63. The van der Waals surface area contributed by atoms with Crippen molar-refractivity contribution in [2.75, 3.05) is 0 Å². The molecule has 0 amide bonds. The number of rotatable bonds is 1. The molecule has 1 aromatic carbocycles. The summed E-state index contributed by atoms with van der Waals surface area (Å²) in [5.41, 5.74) is 5.59. The zero-order valence-electron chi connectivity index (χ0n) is 10.7. The predicted molar refractivity (Wildman–Crippen MR) is 77.1 cm³/mol. The lowest BCUT2D eigenvalue weighted by Crippen LogP contribution is -1.90. The summed E-state index contributed by atoms with van der Waals surface area (Å²) in [6, 6.07) is 10.6. The smallest absolute Gasteiger partial charge is 0.0907 e. The Bertz CT molecular complexity index is 728. The quantitative estimate of drug-likeness (QED) is 0.647. The second-order valence-corrected chi connectivity index (χ2v) is 5.74. The van der Waals surface area contributed by atoms with Gasteiger partial charge in [0.1, 0.15) is 0 Å². The second-order valence-electron chi connectivity index (χ2n) is 4.50. The molecule has 3 heteroatoms. The molecule has 0 aliphatic rings. The first-order valence-electron chi connectivity index (χ1n) is 5.95. The van der Waals surface area contributed by atoms with E-state index in [-0.39, 0.29) is 0 Å². The Morgan fingerprint density at radius 2 is 1.78 bits per heavy atom. The number of aryl methyl sites for hydroxylation is 3. The van der Waals surface area contributed by atoms with E-state index in [1.807, 2.05) is 13.8 Å². The lowest BCUT2D eigenvalue weighted by Gasteiger charge is -2.06. The normalized spacial score (nSPS) is 11.1. The van der Waals surface area contributed by atoms with Gasteiger partial charge in [-0.25, -0.2) is 4.98 Å². The van der Waals surface area contributed by atoms with E-state index < -0.39 is 0 Å². The topological polar surface area (TPSA) is 25.8 Å². The van der Waals surface area contributed by atoms with Gasteiger partial charge in [-0.15, -0.1) is 11.3 Å². The summed E-state index contributed by atoms with van der Waals surface area (Å²) in [7, 11) is 0. The van der Waals surface area contributed by atoms with E-state index >= 15 is 0 Å². The molecular weight excluding hydrogens is 240 g/mol. The van der Waals surface area contributed by atoms with E-state index in [1.54, 1.807) is 11.3 Å². The first kappa shape index (κ1) is 11.4. The van der Waals surface area contributed by atoms with E-state index in [2.05, 4.69) is 47.2 Å². The molecule has 0 atom stereocenters. The van der Waals surface area contributed by atoms with Gasteiger partial charge in [0.2, 0.25) is 0 Å². The highest BCUT2D eigenvalue weighted by Crippen LogP contribution is 2.28. The summed E-state index contributed by atoms with van der Waals surface area (Å²) in [5.74, 6) is 0. The second kappa shape index (κ2) is 4.18. The first-order chi connectivity index (χ1) is 8.63. The van der Waals surface area contributed by atoms with Gasteiger partial charge in [0, 0.05) is 17.0 Å². The van der Waals surface area contributed by atoms with Gasteiger partial charge in [0.25, 0.3) is 0 Å². The highest BCUT2D eigenvalue weighted by molar-refractivity contribution is 7.18. The molecule has 0 aliphatic carbocycles. The molecular formula is C15H14N2S. The van der Waals surface area contributed by atoms with E-state index in [4.69, 9.17) is 0 Å². The number of pyridine rings is 1. The molecule has 0 fully saturated rings. The molecule has 0 spiro atoms. The molecule has 2 nitrogen and oxygen atoms in total. The van der Waals surface area contributed by atoms with Crippen molar-refractivity contribution in [1.82, 2.24) is 9.97 Å². The van der Waals surface area contributed by atoms with Crippen molar-refractivity contribution in [2.24, 2.45) is 0 Å². The van der Waals surface area contributed by atoms with Crippen molar-refractivity contribution in [3.05, 3.63) is 46.7 Å². The zero-order chi connectivity index (χ0) is 12.7. The minimum absolute atomic E-state index is 1.06. The molecule has 0 radical (unpaired) electrons. The van der Waals surface area contributed by atoms with Crippen molar-refractivity contribution in [2.45, 2.75) is 20.8 Å². The highest BCUT2D eigenvalue weighted by atomic mass is 32.1. The number of thiazole rings is 1. The summed E-state index contributed by atoms with van der Waals surface area (Å²) in [4.78, 5) is 9.06. The van der Waals surface area contributed by atoms with Crippen LogP contribution in [0.1, 0.15) is 16.4 Å². The van der Waals surface area contributed by atoms with Crippen LogP contribution < -0.4 is 0 Å². The summed E-state index contributed by atoms with van der Waals surface area (Å²) in [6.45, 7) is 6.12. The molecule has 0 unspecified atom stereocenters. The molecule has 3 aromatic rings. The van der Waals surface area contributed by atoms with E-state index in [1.165, 1.54) is 15.8 Å². The minimum atomic E-state index is 1.06. The Hall–Kier alpha value is -1.74. The van der Waals surface area contributed by atoms with E-state index in [0.717, 1.165) is 21.9 Å². The van der Waals surface area contributed by atoms with Gasteiger partial charge in [-0.3, -0.25) is 4.98 Å². The third-order valence-electron chi connectivity index (χ3n) is 3.03. The SMILES string of the molecule is Cc1ccc(-c2ccc3sc(C)nc3c2)c(C)n1. The Morgan fingerprint density at radius 3 is 2.56 bits per heavy atom. The van der Waals surface area contributed by atoms with Crippen LogP contribution in [0.4, 0.5) is 0 Å². The van der Waals surface area contributed by atoms with Crippen molar-refractivity contribution in [3.63, 3.8) is 0 Å². The third-order valence-corrected chi connectivity index (χ3v) is 3.98. The van der Waals surface area contributed by atoms with E-state index in [0.29, 0.717) is 0 Å². The lowest BCUT2D eigenvalue weighted by molar-refractivity contribution is 1.13. The third kappa shape index (κ3) is 1.91. The van der Waals surface area contributed by atoms with Crippen molar-refractivity contribution < 1.29 is 0 Å². The highest BCUT2D eigenvalue weighted by Gasteiger charge is 2.06. The number of fused-ring (bicyclic) bond motifs is 1. The summed E-state index contributed by atoms with van der Waals surface area (Å²) in [5, 5.41) is 1.11. The standard InChI is InChI=1S/C15H14N2S/c1-9-4-6-13(10(2)16-9)12-5-7-15-14(8-12)17-11(3)18-15/h4-8H,1-3H3. The first-order valence-corrected chi connectivity index (χ1v) is 6.77. The van der Waals surface area contributed by atoms with Gasteiger partial charge >= 0.3 is 0 Å². The maximum Gasteiger partial charge on any atom is 0.0907 e. The van der Waals surface area contributed by atoms with Crippen molar-refractivity contribution in [3.8, 4) is 11.1 Å². The van der Waals surface area contributed by atoms with Crippen LogP contribution in [0.3, 0.4) is 0 Å². The van der Waals surface area contributed by atoms with Gasteiger partial charge in [-0.2, -0.15) is 0 Å². The molecule has 18 heavy (non-hydrogen) atoms. The van der Waals surface area contributed by atoms with Crippen LogP contribution >= 0.6 is 11.3 Å². The maximum absolute atomic E-state index is 4.54. The number of hydrogen-bond acceptors (Lipinski definition) is 3. The molecule has 2 heterocycles. The van der Waals surface area contributed by atoms with E-state index in [9.17, 15) is 0 Å². The van der Waals surface area contributed by atoms with Crippen LogP contribution in [0, 0.1) is 20.8 Å². The van der Waals surface area contributed by atoms with Crippen LogP contribution in [0.25, 0.3) is 21.3 Å². The molecule has 3 rings (SSSR count). The Labute approximate surface area is 110 Å². The van der Waals surface area contributed by atoms with Gasteiger partial charge in [0.05, 0.1) is 15.2 Å². The van der Waals surface area contributed by atoms with Gasteiger partial charge in [-0.05, 0) is 44.5 Å². The van der Waals surface area contributed by atoms with Crippen molar-refractivity contribution in [1.29, 1.82) is 0 Å². The van der Waals surface area contributed by atoms with Crippen LogP contribution in [-0.4, -0.2) is 9.97 Å². The average molecular weight is 254 g/mol. The predicted octanol–water partition coefficient (Wildman–Crippen LogP) is 4.28. The van der Waals surface area contributed by atoms with Crippen molar-refractivity contribution >= 4 is 21.6 Å². The molecule has 0 N–H and O–H groups in total. The minimum Gasteiger partial charge on any atom is -0.258 e. The number of benzene rings is 1. The summed E-state index contributed by atoms with van der Waals surface area (Å²) in [6.07, 6.45) is 0. The lowest BCUT2D eigenvalue weighted by atomic mass is 10.0. The maximum atomic E-state index is 4.54. The molecule has 0 aliphatic heterocycles. The zero-order valence-corrected chi connectivity index (χ0v) is 11.5. The van der Waals surface area contributed by atoms with Gasteiger partial charge in [-0.1, -0.05) is 12.1 Å². The van der Waals surface area contributed by atoms with Crippen LogP contribution in [0.15, 0.2) is 30.3 Å². The van der Waals surface area contributed by atoms with Gasteiger partial charge in [0.15, 0.2) is 0 Å². The number of aromatic nitrogens is 2. The van der Waals surface area contributed by atoms with Crippen LogP contribution in [0.2, 0.25) is 0 Å². The molecule has 90 valence electrons. The largest absolute Gasteiger partial charge is 0.258 e. The summed E-state index contributed by atoms with van der Waals surface area (Å²) < 4.78 is 1.24. The molecule has 0 saturated carbocycles. The fourth-order valence-electron chi connectivity index (χ4n) is 2.20. The summed E-state index contributed by atoms with van der Waals surface area (Å²) >= 11 is 1.74. The Morgan fingerprint density at radius 1 is 0.944 bits per heavy atom. The number of nitrogens with zero attached hydrogens (tertiary/aromatic N) is 2. The van der Waals surface area contributed by atoms with Gasteiger partial charge < -0.3 is 0 Å². The van der Waals surface area contributed by atoms with Crippen LogP contribution in [0.5, 0.6) is 0 Å². The molecule has 0 bridgehead atoms. The Balaban J connectivity index is 2.18. The van der Waals surface area contributed by atoms with Crippen LogP contribution in [-0.2, 0) is 0 Å². The monoisotopic (exact) mass is 254 g/mol. The molecule has 0 saturated heterocycles. The molecule has 2 aromatic heterocycles. The fourth-order valence-corrected chi connectivity index (χ4v) is 3.01.